The second kappa shape index (κ2) is 9.54. The van der Waals surface area contributed by atoms with Crippen LogP contribution in [0.25, 0.3) is 0 Å². The number of carbonyl (C=O) groups is 2. The van der Waals surface area contributed by atoms with Gasteiger partial charge in [-0.3, -0.25) is 9.59 Å². The number of piperidine rings is 1. The Morgan fingerprint density at radius 2 is 1.79 bits per heavy atom. The molecule has 0 aliphatic carbocycles. The van der Waals surface area contributed by atoms with Gasteiger partial charge in [-0.05, 0) is 63.1 Å². The predicted molar refractivity (Wildman–Crippen MR) is 111 cm³/mol. The maximum Gasteiger partial charge on any atom is 0.260 e. The summed E-state index contributed by atoms with van der Waals surface area (Å²) in [6.07, 6.45) is 4.39. The molecule has 0 N–H and O–H groups in total. The zero-order valence-corrected chi connectivity index (χ0v) is 16.8. The van der Waals surface area contributed by atoms with E-state index in [0.29, 0.717) is 17.2 Å². The SMILES string of the molecule is CC(=O)c1cccc(OCC(=O)N2CCC(CCc3ccc(C)cc3)CC2)c1. The molecule has 3 rings (SSSR count). The number of Topliss-reactive ketones (excluding diaryl/α,β-unsaturated/α-hetero) is 1. The van der Waals surface area contributed by atoms with E-state index in [1.54, 1.807) is 24.3 Å². The van der Waals surface area contributed by atoms with Crippen LogP contribution >= 0.6 is 0 Å². The van der Waals surface area contributed by atoms with Gasteiger partial charge in [0.25, 0.3) is 5.91 Å². The molecule has 148 valence electrons. The van der Waals surface area contributed by atoms with E-state index in [0.717, 1.165) is 32.4 Å². The summed E-state index contributed by atoms with van der Waals surface area (Å²) >= 11 is 0. The zero-order chi connectivity index (χ0) is 19.9. The van der Waals surface area contributed by atoms with Crippen molar-refractivity contribution >= 4 is 11.7 Å². The van der Waals surface area contributed by atoms with Crippen LogP contribution < -0.4 is 4.74 Å². The summed E-state index contributed by atoms with van der Waals surface area (Å²) in [6, 6.07) is 15.8. The van der Waals surface area contributed by atoms with Crippen LogP contribution in [0, 0.1) is 12.8 Å². The normalized spacial score (nSPS) is 14.7. The van der Waals surface area contributed by atoms with Crippen molar-refractivity contribution in [1.29, 1.82) is 0 Å². The second-order valence-electron chi connectivity index (χ2n) is 7.72. The van der Waals surface area contributed by atoms with Crippen molar-refractivity contribution in [2.24, 2.45) is 5.92 Å². The molecule has 1 aliphatic heterocycles. The van der Waals surface area contributed by atoms with E-state index in [2.05, 4.69) is 31.2 Å². The molecule has 28 heavy (non-hydrogen) atoms. The molecule has 0 saturated carbocycles. The standard InChI is InChI=1S/C24H29NO3/c1-18-6-8-20(9-7-18)10-11-21-12-14-25(15-13-21)24(27)17-28-23-5-3-4-22(16-23)19(2)26/h3-9,16,21H,10-15,17H2,1-2H3. The first kappa shape index (κ1) is 20.1. The van der Waals surface area contributed by atoms with Gasteiger partial charge >= 0.3 is 0 Å². The van der Waals surface area contributed by atoms with Crippen LogP contribution in [-0.2, 0) is 11.2 Å². The van der Waals surface area contributed by atoms with Crippen molar-refractivity contribution < 1.29 is 14.3 Å². The van der Waals surface area contributed by atoms with E-state index in [1.165, 1.54) is 24.5 Å². The van der Waals surface area contributed by atoms with Crippen LogP contribution in [0.2, 0.25) is 0 Å². The summed E-state index contributed by atoms with van der Waals surface area (Å²) in [4.78, 5) is 25.8. The number of likely N-dealkylation sites (tertiary alicyclic amines) is 1. The number of nitrogens with zero attached hydrogens (tertiary/aromatic N) is 1. The third kappa shape index (κ3) is 5.69. The molecular weight excluding hydrogens is 350 g/mol. The van der Waals surface area contributed by atoms with Gasteiger partial charge in [0.05, 0.1) is 0 Å². The van der Waals surface area contributed by atoms with Gasteiger partial charge in [0.1, 0.15) is 5.75 Å². The lowest BCUT2D eigenvalue weighted by molar-refractivity contribution is -0.134. The fourth-order valence-corrected chi connectivity index (χ4v) is 3.64. The second-order valence-corrected chi connectivity index (χ2v) is 7.72. The largest absolute Gasteiger partial charge is 0.484 e. The molecule has 1 saturated heterocycles. The fourth-order valence-electron chi connectivity index (χ4n) is 3.64. The lowest BCUT2D eigenvalue weighted by atomic mass is 9.90. The minimum absolute atomic E-state index is 0.00974. The van der Waals surface area contributed by atoms with Gasteiger partial charge < -0.3 is 9.64 Å². The Morgan fingerprint density at radius 1 is 1.07 bits per heavy atom. The van der Waals surface area contributed by atoms with Gasteiger partial charge in [-0.15, -0.1) is 0 Å². The summed E-state index contributed by atoms with van der Waals surface area (Å²) in [7, 11) is 0. The Hall–Kier alpha value is -2.62. The topological polar surface area (TPSA) is 46.6 Å². The summed E-state index contributed by atoms with van der Waals surface area (Å²) in [6.45, 7) is 5.26. The van der Waals surface area contributed by atoms with E-state index in [9.17, 15) is 9.59 Å². The van der Waals surface area contributed by atoms with Crippen LogP contribution in [0.15, 0.2) is 48.5 Å². The first-order valence-corrected chi connectivity index (χ1v) is 10.1. The number of hydrogen-bond donors (Lipinski definition) is 0. The molecule has 2 aromatic rings. The third-order valence-corrected chi connectivity index (χ3v) is 5.53. The van der Waals surface area contributed by atoms with Gasteiger partial charge in [0.15, 0.2) is 12.4 Å². The molecule has 1 heterocycles. The Bertz CT molecular complexity index is 805. The molecule has 0 aromatic heterocycles. The van der Waals surface area contributed by atoms with Crippen LogP contribution in [0.4, 0.5) is 0 Å². The molecule has 1 fully saturated rings. The van der Waals surface area contributed by atoms with E-state index >= 15 is 0 Å². The maximum absolute atomic E-state index is 12.4. The van der Waals surface area contributed by atoms with Gasteiger partial charge in [0, 0.05) is 18.7 Å². The molecule has 0 bridgehead atoms. The smallest absolute Gasteiger partial charge is 0.260 e. The summed E-state index contributed by atoms with van der Waals surface area (Å²) < 4.78 is 5.61. The molecule has 2 aromatic carbocycles. The number of rotatable bonds is 7. The molecule has 1 amide bonds. The van der Waals surface area contributed by atoms with Crippen molar-refractivity contribution in [3.8, 4) is 5.75 Å². The van der Waals surface area contributed by atoms with Gasteiger partial charge in [-0.25, -0.2) is 0 Å². The minimum Gasteiger partial charge on any atom is -0.484 e. The lowest BCUT2D eigenvalue weighted by Crippen LogP contribution is -2.41. The number of carbonyl (C=O) groups excluding carboxylic acids is 2. The molecule has 0 unspecified atom stereocenters. The maximum atomic E-state index is 12.4. The molecule has 0 spiro atoms. The Kier molecular flexibility index (Phi) is 6.85. The number of benzene rings is 2. The molecule has 0 atom stereocenters. The van der Waals surface area contributed by atoms with Crippen LogP contribution in [0.5, 0.6) is 5.75 Å². The molecule has 0 radical (unpaired) electrons. The summed E-state index contributed by atoms with van der Waals surface area (Å²) in [5.41, 5.74) is 3.29. The average Bonchev–Trinajstić information content (AvgIpc) is 2.72. The molecular formula is C24H29NO3. The number of ether oxygens (including phenoxy) is 1. The highest BCUT2D eigenvalue weighted by Gasteiger charge is 2.23. The highest BCUT2D eigenvalue weighted by molar-refractivity contribution is 5.94. The average molecular weight is 380 g/mol. The highest BCUT2D eigenvalue weighted by Crippen LogP contribution is 2.23. The third-order valence-electron chi connectivity index (χ3n) is 5.53. The minimum atomic E-state index is -0.00974. The Balaban J connectivity index is 1.40. The van der Waals surface area contributed by atoms with E-state index in [4.69, 9.17) is 4.74 Å². The van der Waals surface area contributed by atoms with Crippen molar-refractivity contribution in [3.63, 3.8) is 0 Å². The van der Waals surface area contributed by atoms with Crippen molar-refractivity contribution in [1.82, 2.24) is 4.90 Å². The van der Waals surface area contributed by atoms with Gasteiger partial charge in [0.2, 0.25) is 0 Å². The zero-order valence-electron chi connectivity index (χ0n) is 16.8. The summed E-state index contributed by atoms with van der Waals surface area (Å²) in [5, 5.41) is 0. The van der Waals surface area contributed by atoms with Gasteiger partial charge in [-0.2, -0.15) is 0 Å². The summed E-state index contributed by atoms with van der Waals surface area (Å²) in [5.74, 6) is 1.25. The first-order chi connectivity index (χ1) is 13.5. The Labute approximate surface area is 167 Å². The van der Waals surface area contributed by atoms with E-state index in [1.807, 2.05) is 4.90 Å². The number of ketones is 1. The first-order valence-electron chi connectivity index (χ1n) is 10.1. The van der Waals surface area contributed by atoms with E-state index < -0.39 is 0 Å². The van der Waals surface area contributed by atoms with Crippen LogP contribution in [0.3, 0.4) is 0 Å². The predicted octanol–water partition coefficient (Wildman–Crippen LogP) is 4.45. The van der Waals surface area contributed by atoms with Crippen molar-refractivity contribution in [2.45, 2.75) is 39.5 Å². The van der Waals surface area contributed by atoms with Crippen LogP contribution in [0.1, 0.15) is 47.7 Å². The molecule has 4 heteroatoms. The van der Waals surface area contributed by atoms with E-state index in [-0.39, 0.29) is 18.3 Å². The van der Waals surface area contributed by atoms with Gasteiger partial charge in [-0.1, -0.05) is 42.0 Å². The molecule has 1 aliphatic rings. The highest BCUT2D eigenvalue weighted by atomic mass is 16.5. The number of amides is 1. The van der Waals surface area contributed by atoms with Crippen LogP contribution in [-0.4, -0.2) is 36.3 Å². The monoisotopic (exact) mass is 379 g/mol. The van der Waals surface area contributed by atoms with Crippen molar-refractivity contribution in [3.05, 3.63) is 65.2 Å². The Morgan fingerprint density at radius 3 is 2.46 bits per heavy atom. The molecule has 4 nitrogen and oxygen atoms in total. The quantitative estimate of drug-likeness (QED) is 0.668. The fraction of sp³-hybridized carbons (Fsp3) is 0.417. The number of hydrogen-bond acceptors (Lipinski definition) is 3. The van der Waals surface area contributed by atoms with Crippen molar-refractivity contribution in [2.75, 3.05) is 19.7 Å². The lowest BCUT2D eigenvalue weighted by Gasteiger charge is -2.32. The number of aryl methyl sites for hydroxylation is 2.